The molecule has 0 saturated heterocycles. The average molecular weight is 469 g/mol. The second-order valence-corrected chi connectivity index (χ2v) is 7.56. The number of anilines is 1. The van der Waals surface area contributed by atoms with Gasteiger partial charge in [-0.1, -0.05) is 17.9 Å². The molecule has 3 rings (SSSR count). The van der Waals surface area contributed by atoms with E-state index in [0.717, 1.165) is 0 Å². The molecule has 0 fully saturated rings. The van der Waals surface area contributed by atoms with Crippen LogP contribution in [0.1, 0.15) is 28.4 Å². The lowest BCUT2D eigenvalue weighted by molar-refractivity contribution is 0.0917. The Bertz CT molecular complexity index is 1180. The Morgan fingerprint density at radius 1 is 1.21 bits per heavy atom. The molecule has 0 aliphatic heterocycles. The van der Waals surface area contributed by atoms with Crippen LogP contribution in [0.4, 0.5) is 14.6 Å². The fourth-order valence-electron chi connectivity index (χ4n) is 3.14. The van der Waals surface area contributed by atoms with Crippen LogP contribution >= 0.6 is 0 Å². The maximum absolute atomic E-state index is 13.7. The number of carbonyl (C=O) groups is 1. The standard InChI is InChI=1S/C25H26F2N4O3/c1-17(16-33-3)34-20-13-18(6-5-10-28-15-21-22(26)7-4-8-23(21)27)12-19(14-20)25(32)29-24-9-11-31(2)30-24/h4,7-9,11-14,17,28H,10,15-16H2,1-3H3,(H,29,30,32)/t17-/m0/s1. The molecule has 0 radical (unpaired) electrons. The van der Waals surface area contributed by atoms with Crippen LogP contribution in [0.5, 0.6) is 5.75 Å². The largest absolute Gasteiger partial charge is 0.488 e. The summed E-state index contributed by atoms with van der Waals surface area (Å²) < 4.78 is 40.0. The number of aryl methyl sites for hydroxylation is 1. The van der Waals surface area contributed by atoms with Gasteiger partial charge in [0.25, 0.3) is 5.91 Å². The van der Waals surface area contributed by atoms with Crippen molar-refractivity contribution in [3.63, 3.8) is 0 Å². The lowest BCUT2D eigenvalue weighted by atomic mass is 10.1. The van der Waals surface area contributed by atoms with E-state index in [4.69, 9.17) is 9.47 Å². The Kier molecular flexibility index (Phi) is 8.73. The number of hydrogen-bond donors (Lipinski definition) is 2. The zero-order chi connectivity index (χ0) is 24.5. The summed E-state index contributed by atoms with van der Waals surface area (Å²) in [6.45, 7) is 2.42. The normalized spacial score (nSPS) is 11.4. The van der Waals surface area contributed by atoms with E-state index in [1.165, 1.54) is 18.2 Å². The molecule has 9 heteroatoms. The van der Waals surface area contributed by atoms with Gasteiger partial charge in [-0.05, 0) is 37.3 Å². The van der Waals surface area contributed by atoms with Crippen LogP contribution in [0, 0.1) is 23.5 Å². The third kappa shape index (κ3) is 7.13. The minimum absolute atomic E-state index is 0.00258. The average Bonchev–Trinajstić information content (AvgIpc) is 3.19. The number of nitrogens with one attached hydrogen (secondary N) is 2. The lowest BCUT2D eigenvalue weighted by Gasteiger charge is -2.15. The van der Waals surface area contributed by atoms with Crippen molar-refractivity contribution in [2.45, 2.75) is 19.6 Å². The molecule has 2 aromatic carbocycles. The predicted octanol–water partition coefficient (Wildman–Crippen LogP) is 3.51. The van der Waals surface area contributed by atoms with Crippen LogP contribution in [0.2, 0.25) is 0 Å². The highest BCUT2D eigenvalue weighted by Gasteiger charge is 2.13. The number of rotatable bonds is 9. The first kappa shape index (κ1) is 24.9. The first-order valence-corrected chi connectivity index (χ1v) is 10.6. The molecule has 0 spiro atoms. The van der Waals surface area contributed by atoms with Crippen LogP contribution in [0.25, 0.3) is 0 Å². The summed E-state index contributed by atoms with van der Waals surface area (Å²) >= 11 is 0. The quantitative estimate of drug-likeness (QED) is 0.371. The molecule has 0 aliphatic rings. The van der Waals surface area contributed by atoms with E-state index in [1.54, 1.807) is 49.3 Å². The molecule has 1 heterocycles. The topological polar surface area (TPSA) is 77.4 Å². The van der Waals surface area contributed by atoms with E-state index < -0.39 is 11.6 Å². The fourth-order valence-corrected chi connectivity index (χ4v) is 3.14. The molecule has 3 aromatic rings. The Morgan fingerprint density at radius 2 is 1.97 bits per heavy atom. The number of carbonyl (C=O) groups excluding carboxylic acids is 1. The summed E-state index contributed by atoms with van der Waals surface area (Å²) in [5.41, 5.74) is 0.853. The van der Waals surface area contributed by atoms with E-state index in [9.17, 15) is 13.6 Å². The van der Waals surface area contributed by atoms with Crippen LogP contribution in [0.3, 0.4) is 0 Å². The molecule has 0 unspecified atom stereocenters. The summed E-state index contributed by atoms with van der Waals surface area (Å²) in [5, 5.41) is 9.78. The number of benzene rings is 2. The maximum Gasteiger partial charge on any atom is 0.257 e. The van der Waals surface area contributed by atoms with Crippen molar-refractivity contribution in [1.29, 1.82) is 0 Å². The molecule has 0 saturated carbocycles. The second-order valence-electron chi connectivity index (χ2n) is 7.56. The SMILES string of the molecule is COC[C@H](C)Oc1cc(C#CCNCc2c(F)cccc2F)cc(C(=O)Nc2ccn(C)n2)c1. The summed E-state index contributed by atoms with van der Waals surface area (Å²) in [4.78, 5) is 12.8. The van der Waals surface area contributed by atoms with Gasteiger partial charge in [0.2, 0.25) is 0 Å². The van der Waals surface area contributed by atoms with Gasteiger partial charge < -0.3 is 20.1 Å². The predicted molar refractivity (Wildman–Crippen MR) is 125 cm³/mol. The first-order chi connectivity index (χ1) is 16.4. The summed E-state index contributed by atoms with van der Waals surface area (Å²) in [5.74, 6) is 5.16. The van der Waals surface area contributed by atoms with E-state index >= 15 is 0 Å². The van der Waals surface area contributed by atoms with E-state index in [2.05, 4.69) is 27.6 Å². The number of nitrogens with zero attached hydrogens (tertiary/aromatic N) is 2. The highest BCUT2D eigenvalue weighted by molar-refractivity contribution is 6.04. The van der Waals surface area contributed by atoms with Gasteiger partial charge in [0.05, 0.1) is 13.2 Å². The van der Waals surface area contributed by atoms with Crippen molar-refractivity contribution < 1.29 is 23.0 Å². The van der Waals surface area contributed by atoms with Crippen molar-refractivity contribution in [2.75, 3.05) is 25.6 Å². The van der Waals surface area contributed by atoms with Gasteiger partial charge in [0.1, 0.15) is 23.5 Å². The maximum atomic E-state index is 13.7. The Morgan fingerprint density at radius 3 is 2.65 bits per heavy atom. The minimum Gasteiger partial charge on any atom is -0.488 e. The van der Waals surface area contributed by atoms with Crippen molar-refractivity contribution in [1.82, 2.24) is 15.1 Å². The van der Waals surface area contributed by atoms with Crippen molar-refractivity contribution >= 4 is 11.7 Å². The van der Waals surface area contributed by atoms with Crippen LogP contribution in [0.15, 0.2) is 48.7 Å². The van der Waals surface area contributed by atoms with Crippen LogP contribution in [-0.2, 0) is 18.3 Å². The Labute approximate surface area is 197 Å². The smallest absolute Gasteiger partial charge is 0.257 e. The monoisotopic (exact) mass is 468 g/mol. The van der Waals surface area contributed by atoms with Gasteiger partial charge in [-0.2, -0.15) is 5.10 Å². The molecule has 7 nitrogen and oxygen atoms in total. The number of ether oxygens (including phenoxy) is 2. The minimum atomic E-state index is -0.612. The lowest BCUT2D eigenvalue weighted by Crippen LogP contribution is -2.19. The number of halogens is 2. The van der Waals surface area contributed by atoms with Crippen LogP contribution < -0.4 is 15.4 Å². The van der Waals surface area contributed by atoms with E-state index in [1.807, 2.05) is 6.92 Å². The Balaban J connectivity index is 1.73. The van der Waals surface area contributed by atoms with Gasteiger partial charge in [0.15, 0.2) is 5.82 Å². The molecule has 0 bridgehead atoms. The summed E-state index contributed by atoms with van der Waals surface area (Å²) in [7, 11) is 3.33. The number of hydrogen-bond acceptors (Lipinski definition) is 5. The Hall–Kier alpha value is -3.74. The van der Waals surface area contributed by atoms with Gasteiger partial charge in [-0.15, -0.1) is 0 Å². The first-order valence-electron chi connectivity index (χ1n) is 10.6. The molecular formula is C25H26F2N4O3. The highest BCUT2D eigenvalue weighted by Crippen LogP contribution is 2.20. The van der Waals surface area contributed by atoms with Crippen molar-refractivity contribution in [3.8, 4) is 17.6 Å². The number of methoxy groups -OCH3 is 1. The van der Waals surface area contributed by atoms with Gasteiger partial charge in [0, 0.05) is 49.7 Å². The zero-order valence-electron chi connectivity index (χ0n) is 19.2. The third-order valence-corrected chi connectivity index (χ3v) is 4.67. The van der Waals surface area contributed by atoms with Gasteiger partial charge >= 0.3 is 0 Å². The molecule has 1 atom stereocenters. The third-order valence-electron chi connectivity index (χ3n) is 4.67. The summed E-state index contributed by atoms with van der Waals surface area (Å²) in [6, 6.07) is 10.4. The molecule has 0 aliphatic carbocycles. The molecule has 1 amide bonds. The van der Waals surface area contributed by atoms with Crippen molar-refractivity contribution in [3.05, 3.63) is 77.0 Å². The number of amides is 1. The second kappa shape index (κ2) is 11.9. The van der Waals surface area contributed by atoms with Crippen LogP contribution in [-0.4, -0.2) is 42.1 Å². The zero-order valence-corrected chi connectivity index (χ0v) is 19.2. The van der Waals surface area contributed by atoms with E-state index in [-0.39, 0.29) is 30.7 Å². The molecule has 34 heavy (non-hydrogen) atoms. The molecule has 2 N–H and O–H groups in total. The summed E-state index contributed by atoms with van der Waals surface area (Å²) in [6.07, 6.45) is 1.48. The molecule has 178 valence electrons. The van der Waals surface area contributed by atoms with Gasteiger partial charge in [-0.3, -0.25) is 9.48 Å². The number of aromatic nitrogens is 2. The molecular weight excluding hydrogens is 442 g/mol. The fraction of sp³-hybridized carbons (Fsp3) is 0.280. The van der Waals surface area contributed by atoms with E-state index in [0.29, 0.717) is 29.3 Å². The van der Waals surface area contributed by atoms with Gasteiger partial charge in [-0.25, -0.2) is 8.78 Å². The molecule has 1 aromatic heterocycles. The van der Waals surface area contributed by atoms with Crippen molar-refractivity contribution in [2.24, 2.45) is 7.05 Å². The highest BCUT2D eigenvalue weighted by atomic mass is 19.1.